The highest BCUT2D eigenvalue weighted by Crippen LogP contribution is 2.17. The van der Waals surface area contributed by atoms with Gasteiger partial charge in [0.15, 0.2) is 12.6 Å². The van der Waals surface area contributed by atoms with Gasteiger partial charge in [-0.05, 0) is 62.2 Å². The second kappa shape index (κ2) is 8.97. The predicted octanol–water partition coefficient (Wildman–Crippen LogP) is 1.66. The lowest BCUT2D eigenvalue weighted by Gasteiger charge is -2.21. The van der Waals surface area contributed by atoms with Gasteiger partial charge in [0.1, 0.15) is 0 Å². The van der Waals surface area contributed by atoms with Gasteiger partial charge in [-0.3, -0.25) is 9.59 Å². The Bertz CT molecular complexity index is 869. The summed E-state index contributed by atoms with van der Waals surface area (Å²) in [4.78, 5) is 25.5. The van der Waals surface area contributed by atoms with E-state index in [9.17, 15) is 9.59 Å². The largest absolute Gasteiger partial charge is 0.321 e. The van der Waals surface area contributed by atoms with Gasteiger partial charge in [0.2, 0.25) is 0 Å². The lowest BCUT2D eigenvalue weighted by molar-refractivity contribution is -0.885. The normalized spacial score (nSPS) is 12.6. The first kappa shape index (κ1) is 20.1. The molecule has 0 saturated heterocycles. The van der Waals surface area contributed by atoms with Gasteiger partial charge in [-0.2, -0.15) is 5.26 Å². The van der Waals surface area contributed by atoms with Gasteiger partial charge in [-0.1, -0.05) is 12.1 Å². The van der Waals surface area contributed by atoms with Gasteiger partial charge < -0.3 is 15.5 Å². The monoisotopic (exact) mass is 365 g/mol. The number of carbonyl (C=O) groups excluding carboxylic acids is 2. The van der Waals surface area contributed by atoms with Crippen molar-refractivity contribution in [2.24, 2.45) is 0 Å². The third-order valence-electron chi connectivity index (χ3n) is 4.73. The van der Waals surface area contributed by atoms with Crippen LogP contribution in [0.15, 0.2) is 42.5 Å². The van der Waals surface area contributed by atoms with E-state index < -0.39 is 6.04 Å². The molecule has 27 heavy (non-hydrogen) atoms. The van der Waals surface area contributed by atoms with Crippen LogP contribution < -0.4 is 15.5 Å². The highest BCUT2D eigenvalue weighted by atomic mass is 16.2. The number of rotatable bonds is 6. The maximum absolute atomic E-state index is 12.4. The summed E-state index contributed by atoms with van der Waals surface area (Å²) in [5.74, 6) is -0.323. The second-order valence-electron chi connectivity index (χ2n) is 6.72. The molecule has 0 radical (unpaired) electrons. The Morgan fingerprint density at radius 2 is 1.78 bits per heavy atom. The van der Waals surface area contributed by atoms with E-state index in [1.165, 1.54) is 0 Å². The lowest BCUT2D eigenvalue weighted by Crippen LogP contribution is -3.14. The van der Waals surface area contributed by atoms with Crippen LogP contribution in [0.5, 0.6) is 0 Å². The van der Waals surface area contributed by atoms with Gasteiger partial charge in [0.25, 0.3) is 11.8 Å². The zero-order chi connectivity index (χ0) is 20.0. The molecule has 140 valence electrons. The van der Waals surface area contributed by atoms with Crippen LogP contribution in [0.4, 0.5) is 11.4 Å². The number of aryl methyl sites for hydroxylation is 1. The summed E-state index contributed by atoms with van der Waals surface area (Å²) in [6, 6.07) is 14.1. The van der Waals surface area contributed by atoms with E-state index in [-0.39, 0.29) is 18.4 Å². The predicted molar refractivity (Wildman–Crippen MR) is 106 cm³/mol. The van der Waals surface area contributed by atoms with Crippen LogP contribution in [0.1, 0.15) is 23.6 Å². The number of anilines is 2. The third-order valence-corrected chi connectivity index (χ3v) is 4.73. The summed E-state index contributed by atoms with van der Waals surface area (Å²) in [7, 11) is 1.81. The minimum atomic E-state index is -0.412. The molecule has 2 aromatic rings. The summed E-state index contributed by atoms with van der Waals surface area (Å²) >= 11 is 0. The first-order valence-corrected chi connectivity index (χ1v) is 8.81. The average molecular weight is 365 g/mol. The molecule has 0 saturated carbocycles. The Morgan fingerprint density at radius 3 is 2.41 bits per heavy atom. The van der Waals surface area contributed by atoms with E-state index >= 15 is 0 Å². The molecule has 3 N–H and O–H groups in total. The molecule has 0 aliphatic rings. The number of likely N-dealkylation sites (N-methyl/N-ethyl adjacent to an activating group) is 1. The number of nitrogens with zero attached hydrogens (tertiary/aromatic N) is 1. The van der Waals surface area contributed by atoms with Crippen molar-refractivity contribution in [2.45, 2.75) is 26.8 Å². The molecule has 0 aromatic heterocycles. The van der Waals surface area contributed by atoms with Crippen LogP contribution in [0.25, 0.3) is 0 Å². The summed E-state index contributed by atoms with van der Waals surface area (Å²) in [5.41, 5.74) is 4.10. The first-order chi connectivity index (χ1) is 12.8. The van der Waals surface area contributed by atoms with E-state index in [0.717, 1.165) is 21.7 Å². The molecule has 2 atom stereocenters. The van der Waals surface area contributed by atoms with Crippen molar-refractivity contribution in [2.75, 3.05) is 24.2 Å². The fourth-order valence-corrected chi connectivity index (χ4v) is 2.59. The first-order valence-electron chi connectivity index (χ1n) is 8.81. The smallest absolute Gasteiger partial charge is 0.282 e. The number of carbonyl (C=O) groups is 2. The molecule has 6 heteroatoms. The van der Waals surface area contributed by atoms with Gasteiger partial charge in [0.05, 0.1) is 18.7 Å². The summed E-state index contributed by atoms with van der Waals surface area (Å²) < 4.78 is 0. The van der Waals surface area contributed by atoms with Crippen molar-refractivity contribution in [3.63, 3.8) is 0 Å². The maximum atomic E-state index is 12.4. The second-order valence-corrected chi connectivity index (χ2v) is 6.72. The van der Waals surface area contributed by atoms with Crippen molar-refractivity contribution >= 4 is 23.2 Å². The number of amides is 2. The third kappa shape index (κ3) is 5.40. The van der Waals surface area contributed by atoms with Crippen LogP contribution in [-0.2, 0) is 9.59 Å². The fourth-order valence-electron chi connectivity index (χ4n) is 2.59. The van der Waals surface area contributed by atoms with Crippen LogP contribution in [-0.4, -0.2) is 31.4 Å². The Morgan fingerprint density at radius 1 is 1.11 bits per heavy atom. The fraction of sp³-hybridized carbons (Fsp3) is 0.286. The van der Waals surface area contributed by atoms with Gasteiger partial charge >= 0.3 is 0 Å². The zero-order valence-electron chi connectivity index (χ0n) is 16.1. The topological polar surface area (TPSA) is 86.4 Å². The van der Waals surface area contributed by atoms with Crippen molar-refractivity contribution < 1.29 is 14.5 Å². The minimum Gasteiger partial charge on any atom is -0.321 e. The number of quaternary nitrogens is 1. The zero-order valence-corrected chi connectivity index (χ0v) is 16.1. The van der Waals surface area contributed by atoms with Gasteiger partial charge in [0, 0.05) is 11.4 Å². The van der Waals surface area contributed by atoms with Crippen LogP contribution in [0.3, 0.4) is 0 Å². The Hall–Kier alpha value is -3.17. The Labute approximate surface area is 159 Å². The summed E-state index contributed by atoms with van der Waals surface area (Å²) in [6.45, 7) is 5.92. The lowest BCUT2D eigenvalue weighted by atomic mass is 10.1. The molecule has 0 bridgehead atoms. The van der Waals surface area contributed by atoms with Gasteiger partial charge in [-0.25, -0.2) is 0 Å². The van der Waals surface area contributed by atoms with Crippen LogP contribution in [0.2, 0.25) is 0 Å². The number of hydrogen-bond donors (Lipinski definition) is 3. The number of nitriles is 1. The maximum Gasteiger partial charge on any atom is 0.282 e. The average Bonchev–Trinajstić information content (AvgIpc) is 2.65. The van der Waals surface area contributed by atoms with E-state index in [0.29, 0.717) is 11.3 Å². The SMILES string of the molecule is Cc1cccc(NC(=O)C[NH+](C)[C@H](C)C(=O)Nc2ccc(C#N)cc2)c1C. The number of hydrogen-bond acceptors (Lipinski definition) is 3. The molecule has 0 aliphatic carbocycles. The van der Waals surface area contributed by atoms with Crippen molar-refractivity contribution in [1.29, 1.82) is 5.26 Å². The molecule has 6 nitrogen and oxygen atoms in total. The molecule has 2 aromatic carbocycles. The molecular formula is C21H25N4O2+. The molecule has 1 unspecified atom stereocenters. The molecule has 0 heterocycles. The van der Waals surface area contributed by atoms with E-state index in [1.54, 1.807) is 31.2 Å². The molecule has 0 fully saturated rings. The van der Waals surface area contributed by atoms with Gasteiger partial charge in [-0.15, -0.1) is 0 Å². The van der Waals surface area contributed by atoms with Crippen LogP contribution in [0, 0.1) is 25.2 Å². The molecule has 0 spiro atoms. The van der Waals surface area contributed by atoms with Crippen molar-refractivity contribution in [1.82, 2.24) is 0 Å². The molecule has 0 aliphatic heterocycles. The van der Waals surface area contributed by atoms with Crippen LogP contribution >= 0.6 is 0 Å². The number of nitrogens with one attached hydrogen (secondary N) is 3. The van der Waals surface area contributed by atoms with Crippen molar-refractivity contribution in [3.8, 4) is 6.07 Å². The molecule has 2 rings (SSSR count). The van der Waals surface area contributed by atoms with E-state index in [4.69, 9.17) is 5.26 Å². The Balaban J connectivity index is 1.92. The highest BCUT2D eigenvalue weighted by molar-refractivity contribution is 5.95. The number of benzene rings is 2. The Kier molecular flexibility index (Phi) is 6.69. The minimum absolute atomic E-state index is 0.140. The molecule has 2 amide bonds. The summed E-state index contributed by atoms with van der Waals surface area (Å²) in [5, 5.41) is 14.5. The van der Waals surface area contributed by atoms with E-state index in [1.807, 2.05) is 45.2 Å². The van der Waals surface area contributed by atoms with E-state index in [2.05, 4.69) is 10.6 Å². The quantitative estimate of drug-likeness (QED) is 0.728. The van der Waals surface area contributed by atoms with Crippen molar-refractivity contribution in [3.05, 3.63) is 59.2 Å². The summed E-state index contributed by atoms with van der Waals surface area (Å²) in [6.07, 6.45) is 0. The standard InChI is InChI=1S/C21H24N4O2/c1-14-6-5-7-19(15(14)2)24-20(26)13-25(4)16(3)21(27)23-18-10-8-17(12-22)9-11-18/h5-11,16H,13H2,1-4H3,(H,23,27)(H,24,26)/p+1/t16-/m1/s1. The highest BCUT2D eigenvalue weighted by Gasteiger charge is 2.24. The molecular weight excluding hydrogens is 340 g/mol.